The highest BCUT2D eigenvalue weighted by Gasteiger charge is 2.18. The number of fused-ring (bicyclic) bond motifs is 1. The Morgan fingerprint density at radius 2 is 1.61 bits per heavy atom. The Bertz CT molecular complexity index is 1280. The average molecular weight is 505 g/mol. The number of nitrogens with one attached hydrogen (secondary N) is 2. The number of hydrogen-bond acceptors (Lipinski definition) is 6. The standard InChI is InChI=1S/C24H21BrN6O2/c25-20-15-26-14-19-21(29-23(30-22(19)20)31-10-12-33-13-11-31)16-6-8-18(9-7-16)28-24(32)27-17-4-2-1-3-5-17/h1-9,14-15H,10-13H2,(H2,27,28,32). The summed E-state index contributed by atoms with van der Waals surface area (Å²) in [5.74, 6) is 0.664. The molecule has 4 aromatic rings. The minimum atomic E-state index is -0.302. The Hall–Kier alpha value is -3.56. The van der Waals surface area contributed by atoms with Crippen molar-refractivity contribution in [1.82, 2.24) is 15.0 Å². The van der Waals surface area contributed by atoms with E-state index in [1.54, 1.807) is 12.4 Å². The molecule has 1 saturated heterocycles. The fourth-order valence-electron chi connectivity index (χ4n) is 3.65. The zero-order valence-corrected chi connectivity index (χ0v) is 19.2. The van der Waals surface area contributed by atoms with E-state index in [1.165, 1.54) is 0 Å². The van der Waals surface area contributed by atoms with E-state index in [0.717, 1.165) is 45.4 Å². The monoisotopic (exact) mass is 504 g/mol. The van der Waals surface area contributed by atoms with Crippen LogP contribution in [0.1, 0.15) is 0 Å². The molecule has 9 heteroatoms. The summed E-state index contributed by atoms with van der Waals surface area (Å²) in [5.41, 5.74) is 3.91. The van der Waals surface area contributed by atoms with Crippen molar-refractivity contribution in [3.63, 3.8) is 0 Å². The molecule has 1 fully saturated rings. The number of para-hydroxylation sites is 1. The van der Waals surface area contributed by atoms with Gasteiger partial charge in [0.2, 0.25) is 5.95 Å². The molecule has 5 rings (SSSR count). The highest BCUT2D eigenvalue weighted by molar-refractivity contribution is 9.10. The van der Waals surface area contributed by atoms with E-state index in [1.807, 2.05) is 54.6 Å². The van der Waals surface area contributed by atoms with Crippen LogP contribution in [-0.2, 0) is 4.74 Å². The van der Waals surface area contributed by atoms with E-state index in [9.17, 15) is 4.79 Å². The van der Waals surface area contributed by atoms with Gasteiger partial charge in [-0.25, -0.2) is 14.8 Å². The normalized spacial score (nSPS) is 13.7. The summed E-state index contributed by atoms with van der Waals surface area (Å²) in [6, 6.07) is 16.6. The predicted molar refractivity (Wildman–Crippen MR) is 133 cm³/mol. The number of halogens is 1. The molecular weight excluding hydrogens is 484 g/mol. The fraction of sp³-hybridized carbons (Fsp3) is 0.167. The molecule has 1 aliphatic heterocycles. The molecule has 8 nitrogen and oxygen atoms in total. The molecule has 2 aromatic carbocycles. The molecule has 1 aliphatic rings. The zero-order chi connectivity index (χ0) is 22.6. The van der Waals surface area contributed by atoms with Gasteiger partial charge >= 0.3 is 6.03 Å². The summed E-state index contributed by atoms with van der Waals surface area (Å²) in [4.78, 5) is 28.4. The van der Waals surface area contributed by atoms with Crippen molar-refractivity contribution >= 4 is 50.2 Å². The van der Waals surface area contributed by atoms with Crippen molar-refractivity contribution < 1.29 is 9.53 Å². The summed E-state index contributed by atoms with van der Waals surface area (Å²) in [5, 5.41) is 6.52. The predicted octanol–water partition coefficient (Wildman–Crippen LogP) is 4.93. The Balaban J connectivity index is 1.43. The van der Waals surface area contributed by atoms with Gasteiger partial charge in [-0.2, -0.15) is 0 Å². The van der Waals surface area contributed by atoms with Crippen LogP contribution in [0.4, 0.5) is 22.1 Å². The number of nitrogens with zero attached hydrogens (tertiary/aromatic N) is 4. The number of ether oxygens (including phenoxy) is 1. The Morgan fingerprint density at radius 3 is 2.33 bits per heavy atom. The van der Waals surface area contributed by atoms with Gasteiger partial charge in [0, 0.05) is 47.8 Å². The average Bonchev–Trinajstić information content (AvgIpc) is 2.85. The molecule has 0 saturated carbocycles. The van der Waals surface area contributed by atoms with Gasteiger partial charge < -0.3 is 20.3 Å². The molecule has 0 spiro atoms. The minimum Gasteiger partial charge on any atom is -0.378 e. The molecule has 2 amide bonds. The maximum atomic E-state index is 12.3. The third-order valence-corrected chi connectivity index (χ3v) is 5.87. The fourth-order valence-corrected chi connectivity index (χ4v) is 4.07. The van der Waals surface area contributed by atoms with Gasteiger partial charge in [-0.3, -0.25) is 4.98 Å². The quantitative estimate of drug-likeness (QED) is 0.409. The molecule has 3 heterocycles. The van der Waals surface area contributed by atoms with Crippen molar-refractivity contribution in [2.24, 2.45) is 0 Å². The first-order valence-electron chi connectivity index (χ1n) is 10.5. The molecule has 166 valence electrons. The number of amides is 2. The molecule has 0 unspecified atom stereocenters. The second-order valence-electron chi connectivity index (χ2n) is 7.51. The van der Waals surface area contributed by atoms with E-state index in [4.69, 9.17) is 14.7 Å². The van der Waals surface area contributed by atoms with Gasteiger partial charge in [-0.05, 0) is 40.2 Å². The van der Waals surface area contributed by atoms with Crippen molar-refractivity contribution in [2.75, 3.05) is 41.8 Å². The molecule has 2 aromatic heterocycles. The number of pyridine rings is 1. The number of rotatable bonds is 4. The number of anilines is 3. The second kappa shape index (κ2) is 9.51. The Kier molecular flexibility index (Phi) is 6.14. The highest BCUT2D eigenvalue weighted by atomic mass is 79.9. The maximum absolute atomic E-state index is 12.3. The zero-order valence-electron chi connectivity index (χ0n) is 17.7. The van der Waals surface area contributed by atoms with Crippen LogP contribution in [0.5, 0.6) is 0 Å². The topological polar surface area (TPSA) is 92.3 Å². The van der Waals surface area contributed by atoms with Crippen LogP contribution in [0.25, 0.3) is 22.2 Å². The van der Waals surface area contributed by atoms with Crippen LogP contribution in [0, 0.1) is 0 Å². The smallest absolute Gasteiger partial charge is 0.323 e. The lowest BCUT2D eigenvalue weighted by Crippen LogP contribution is -2.37. The molecule has 0 atom stereocenters. The highest BCUT2D eigenvalue weighted by Crippen LogP contribution is 2.32. The summed E-state index contributed by atoms with van der Waals surface area (Å²) in [7, 11) is 0. The van der Waals surface area contributed by atoms with E-state index >= 15 is 0 Å². The Labute approximate surface area is 199 Å². The van der Waals surface area contributed by atoms with Crippen LogP contribution in [0.3, 0.4) is 0 Å². The number of aromatic nitrogens is 3. The number of carbonyl (C=O) groups excluding carboxylic acids is 1. The molecule has 0 bridgehead atoms. The Morgan fingerprint density at radius 1 is 0.909 bits per heavy atom. The largest absolute Gasteiger partial charge is 0.378 e. The van der Waals surface area contributed by atoms with Crippen molar-refractivity contribution in [2.45, 2.75) is 0 Å². The van der Waals surface area contributed by atoms with Gasteiger partial charge in [0.25, 0.3) is 0 Å². The summed E-state index contributed by atoms with van der Waals surface area (Å²) >= 11 is 3.58. The lowest BCUT2D eigenvalue weighted by molar-refractivity contribution is 0.122. The number of morpholine rings is 1. The maximum Gasteiger partial charge on any atom is 0.323 e. The first kappa shape index (κ1) is 21.3. The molecule has 0 aliphatic carbocycles. The number of hydrogen-bond donors (Lipinski definition) is 2. The van der Waals surface area contributed by atoms with Gasteiger partial charge in [0.15, 0.2) is 0 Å². The van der Waals surface area contributed by atoms with Gasteiger partial charge in [-0.15, -0.1) is 0 Å². The molecule has 2 N–H and O–H groups in total. The van der Waals surface area contributed by atoms with Crippen molar-refractivity contribution in [1.29, 1.82) is 0 Å². The van der Waals surface area contributed by atoms with Crippen molar-refractivity contribution in [3.05, 3.63) is 71.5 Å². The van der Waals surface area contributed by atoms with Gasteiger partial charge in [-0.1, -0.05) is 30.3 Å². The third-order valence-electron chi connectivity index (χ3n) is 5.29. The van der Waals surface area contributed by atoms with Crippen LogP contribution in [-0.4, -0.2) is 47.3 Å². The molecular formula is C24H21BrN6O2. The SMILES string of the molecule is O=C(Nc1ccccc1)Nc1ccc(-c2nc(N3CCOCC3)nc3c(Br)cncc23)cc1. The van der Waals surface area contributed by atoms with Crippen LogP contribution in [0.2, 0.25) is 0 Å². The lowest BCUT2D eigenvalue weighted by atomic mass is 10.1. The summed E-state index contributed by atoms with van der Waals surface area (Å²) in [6.07, 6.45) is 3.51. The molecule has 0 radical (unpaired) electrons. The van der Waals surface area contributed by atoms with Crippen LogP contribution < -0.4 is 15.5 Å². The number of benzene rings is 2. The second-order valence-corrected chi connectivity index (χ2v) is 8.37. The third kappa shape index (κ3) is 4.79. The van der Waals surface area contributed by atoms with Gasteiger partial charge in [0.05, 0.1) is 28.9 Å². The van der Waals surface area contributed by atoms with E-state index in [0.29, 0.717) is 24.8 Å². The summed E-state index contributed by atoms with van der Waals surface area (Å²) < 4.78 is 6.29. The van der Waals surface area contributed by atoms with E-state index in [2.05, 4.69) is 36.4 Å². The molecule has 33 heavy (non-hydrogen) atoms. The first-order valence-corrected chi connectivity index (χ1v) is 11.3. The van der Waals surface area contributed by atoms with Crippen LogP contribution >= 0.6 is 15.9 Å². The van der Waals surface area contributed by atoms with Crippen LogP contribution in [0.15, 0.2) is 71.5 Å². The van der Waals surface area contributed by atoms with E-state index in [-0.39, 0.29) is 6.03 Å². The number of carbonyl (C=O) groups is 1. The summed E-state index contributed by atoms with van der Waals surface area (Å²) in [6.45, 7) is 2.79. The number of urea groups is 1. The lowest BCUT2D eigenvalue weighted by Gasteiger charge is -2.27. The van der Waals surface area contributed by atoms with Gasteiger partial charge in [0.1, 0.15) is 0 Å². The van der Waals surface area contributed by atoms with Crippen molar-refractivity contribution in [3.8, 4) is 11.3 Å². The minimum absolute atomic E-state index is 0.302. The first-order chi connectivity index (χ1) is 16.2. The van der Waals surface area contributed by atoms with E-state index < -0.39 is 0 Å².